The van der Waals surface area contributed by atoms with E-state index in [2.05, 4.69) is 5.32 Å². The molecule has 0 spiro atoms. The first-order valence-electron chi connectivity index (χ1n) is 9.87. The Morgan fingerprint density at radius 2 is 1.79 bits per heavy atom. The van der Waals surface area contributed by atoms with E-state index in [1.165, 1.54) is 16.6 Å². The molecule has 0 aliphatic carbocycles. The molecule has 2 heterocycles. The monoisotopic (exact) mass is 412 g/mol. The molecule has 1 N–H and O–H groups in total. The quantitative estimate of drug-likeness (QED) is 0.733. The van der Waals surface area contributed by atoms with Crippen LogP contribution in [0.5, 0.6) is 0 Å². The van der Waals surface area contributed by atoms with Crippen molar-refractivity contribution in [2.75, 3.05) is 26.2 Å². The molecule has 0 radical (unpaired) electrons. The minimum atomic E-state index is -3.61. The summed E-state index contributed by atoms with van der Waals surface area (Å²) in [5.41, 5.74) is 0.311. The maximum absolute atomic E-state index is 12.7. The summed E-state index contributed by atoms with van der Waals surface area (Å²) >= 11 is 0. The molecule has 1 aromatic heterocycles. The summed E-state index contributed by atoms with van der Waals surface area (Å²) in [6, 6.07) is 1.40. The summed E-state index contributed by atoms with van der Waals surface area (Å²) in [6.07, 6.45) is 2.87. The van der Waals surface area contributed by atoms with Gasteiger partial charge in [0.25, 0.3) is 5.91 Å². The van der Waals surface area contributed by atoms with Crippen molar-refractivity contribution in [1.29, 1.82) is 0 Å². The van der Waals surface area contributed by atoms with Gasteiger partial charge in [-0.15, -0.1) is 0 Å². The van der Waals surface area contributed by atoms with Crippen molar-refractivity contribution in [3.63, 3.8) is 0 Å². The van der Waals surface area contributed by atoms with Crippen LogP contribution in [0.2, 0.25) is 0 Å². The first-order valence-corrected chi connectivity index (χ1v) is 11.3. The minimum Gasteiger partial charge on any atom is -0.348 e. The predicted molar refractivity (Wildman–Crippen MR) is 107 cm³/mol. The molecule has 1 aromatic rings. The minimum absolute atomic E-state index is 0.0264. The molecule has 1 fully saturated rings. The topological polar surface area (TPSA) is 91.7 Å². The summed E-state index contributed by atoms with van der Waals surface area (Å²) in [6.45, 7) is 9.34. The predicted octanol–water partition coefficient (Wildman–Crippen LogP) is 1.43. The molecule has 0 saturated carbocycles. The zero-order chi connectivity index (χ0) is 21.1. The summed E-state index contributed by atoms with van der Waals surface area (Å²) in [4.78, 5) is 26.7. The molecule has 9 heteroatoms. The summed E-state index contributed by atoms with van der Waals surface area (Å²) in [5.74, 6) is -0.184. The van der Waals surface area contributed by atoms with Crippen molar-refractivity contribution in [2.45, 2.75) is 51.5 Å². The average molecular weight is 413 g/mol. The fraction of sp³-hybridized carbons (Fsp3) is 0.684. The largest absolute Gasteiger partial charge is 0.348 e. The molecule has 0 aromatic carbocycles. The number of nitrogens with one attached hydrogen (secondary N) is 1. The van der Waals surface area contributed by atoms with Crippen LogP contribution in [0.1, 0.15) is 51.0 Å². The molecule has 0 unspecified atom stereocenters. The number of aryl methyl sites for hydroxylation is 1. The van der Waals surface area contributed by atoms with Gasteiger partial charge in [0.2, 0.25) is 15.9 Å². The van der Waals surface area contributed by atoms with Gasteiger partial charge in [-0.1, -0.05) is 27.7 Å². The molecule has 158 valence electrons. The van der Waals surface area contributed by atoms with Crippen LogP contribution >= 0.6 is 0 Å². The normalized spacial score (nSPS) is 16.0. The van der Waals surface area contributed by atoms with Gasteiger partial charge in [0.05, 0.1) is 0 Å². The van der Waals surface area contributed by atoms with Gasteiger partial charge < -0.3 is 14.8 Å². The maximum atomic E-state index is 12.7. The van der Waals surface area contributed by atoms with Crippen LogP contribution in [-0.2, 0) is 21.9 Å². The zero-order valence-corrected chi connectivity index (χ0v) is 18.3. The fourth-order valence-electron chi connectivity index (χ4n) is 3.48. The molecule has 8 nitrogen and oxygen atoms in total. The Balaban J connectivity index is 2.05. The number of aromatic nitrogens is 1. The molecular weight excluding hydrogens is 380 g/mol. The van der Waals surface area contributed by atoms with Gasteiger partial charge in [-0.25, -0.2) is 8.42 Å². The standard InChI is InChI=1S/C19H32N4O4S/c1-6-23(7-2)28(26,27)16-12-17(21(5)13-16)18(24)20-15-8-10-22(11-9-15)19(25)14(3)4/h12-15H,6-11H2,1-5H3,(H,20,24). The average Bonchev–Trinajstić information content (AvgIpc) is 3.05. The van der Waals surface area contributed by atoms with Crippen LogP contribution in [0.25, 0.3) is 0 Å². The molecule has 1 aliphatic rings. The number of hydrogen-bond acceptors (Lipinski definition) is 4. The van der Waals surface area contributed by atoms with Gasteiger partial charge in [-0.3, -0.25) is 9.59 Å². The highest BCUT2D eigenvalue weighted by atomic mass is 32.2. The van der Waals surface area contributed by atoms with Gasteiger partial charge in [0.15, 0.2) is 0 Å². The number of amides is 2. The summed E-state index contributed by atoms with van der Waals surface area (Å²) < 4.78 is 28.3. The fourth-order valence-corrected chi connectivity index (χ4v) is 5.01. The Bertz CT molecular complexity index is 804. The van der Waals surface area contributed by atoms with Gasteiger partial charge in [0, 0.05) is 51.4 Å². The van der Waals surface area contributed by atoms with Crippen LogP contribution in [-0.4, -0.2) is 66.2 Å². The zero-order valence-electron chi connectivity index (χ0n) is 17.4. The van der Waals surface area contributed by atoms with Crippen molar-refractivity contribution in [1.82, 2.24) is 19.1 Å². The Kier molecular flexibility index (Phi) is 7.28. The molecule has 28 heavy (non-hydrogen) atoms. The van der Waals surface area contributed by atoms with E-state index in [0.717, 1.165) is 0 Å². The van der Waals surface area contributed by atoms with Crippen molar-refractivity contribution in [3.8, 4) is 0 Å². The number of sulfonamides is 1. The van der Waals surface area contributed by atoms with E-state index in [-0.39, 0.29) is 28.7 Å². The van der Waals surface area contributed by atoms with Crippen molar-refractivity contribution >= 4 is 21.8 Å². The van der Waals surface area contributed by atoms with Crippen LogP contribution < -0.4 is 5.32 Å². The van der Waals surface area contributed by atoms with E-state index in [4.69, 9.17) is 0 Å². The molecular formula is C19H32N4O4S. The Labute approximate surface area is 167 Å². The van der Waals surface area contributed by atoms with Crippen LogP contribution in [0.15, 0.2) is 17.2 Å². The van der Waals surface area contributed by atoms with Crippen molar-refractivity contribution in [2.24, 2.45) is 13.0 Å². The van der Waals surface area contributed by atoms with Crippen LogP contribution in [0, 0.1) is 5.92 Å². The van der Waals surface area contributed by atoms with E-state index in [1.807, 2.05) is 18.7 Å². The molecule has 1 aliphatic heterocycles. The van der Waals surface area contributed by atoms with Gasteiger partial charge in [-0.2, -0.15) is 4.31 Å². The molecule has 0 bridgehead atoms. The van der Waals surface area contributed by atoms with E-state index >= 15 is 0 Å². The third kappa shape index (κ3) is 4.75. The van der Waals surface area contributed by atoms with E-state index < -0.39 is 10.0 Å². The number of rotatable bonds is 7. The lowest BCUT2D eigenvalue weighted by Crippen LogP contribution is -2.47. The second kappa shape index (κ2) is 9.09. The Morgan fingerprint density at radius 3 is 2.29 bits per heavy atom. The third-order valence-corrected chi connectivity index (χ3v) is 7.21. The van der Waals surface area contributed by atoms with Gasteiger partial charge in [-0.05, 0) is 18.9 Å². The van der Waals surface area contributed by atoms with Crippen molar-refractivity contribution in [3.05, 3.63) is 18.0 Å². The smallest absolute Gasteiger partial charge is 0.268 e. The van der Waals surface area contributed by atoms with E-state index in [0.29, 0.717) is 44.7 Å². The highest BCUT2D eigenvalue weighted by Gasteiger charge is 2.28. The Hall–Kier alpha value is -1.87. The van der Waals surface area contributed by atoms with Crippen LogP contribution in [0.3, 0.4) is 0 Å². The number of carbonyl (C=O) groups excluding carboxylic acids is 2. The lowest BCUT2D eigenvalue weighted by atomic mass is 10.0. The van der Waals surface area contributed by atoms with Crippen molar-refractivity contribution < 1.29 is 18.0 Å². The maximum Gasteiger partial charge on any atom is 0.268 e. The lowest BCUT2D eigenvalue weighted by molar-refractivity contribution is -0.135. The van der Waals surface area contributed by atoms with Gasteiger partial charge in [0.1, 0.15) is 10.6 Å². The Morgan fingerprint density at radius 1 is 1.21 bits per heavy atom. The molecule has 0 atom stereocenters. The first kappa shape index (κ1) is 22.4. The second-order valence-corrected chi connectivity index (χ2v) is 9.43. The van der Waals surface area contributed by atoms with E-state index in [9.17, 15) is 18.0 Å². The number of likely N-dealkylation sites (tertiary alicyclic amines) is 1. The van der Waals surface area contributed by atoms with Crippen LogP contribution in [0.4, 0.5) is 0 Å². The summed E-state index contributed by atoms with van der Waals surface area (Å²) in [5, 5.41) is 2.98. The SMILES string of the molecule is CCN(CC)S(=O)(=O)c1cc(C(=O)NC2CCN(C(=O)C(C)C)CC2)n(C)c1. The number of piperidine rings is 1. The number of hydrogen-bond donors (Lipinski definition) is 1. The molecule has 2 rings (SSSR count). The highest BCUT2D eigenvalue weighted by Crippen LogP contribution is 2.19. The number of nitrogens with zero attached hydrogens (tertiary/aromatic N) is 3. The third-order valence-electron chi connectivity index (χ3n) is 5.19. The molecule has 1 saturated heterocycles. The van der Waals surface area contributed by atoms with Gasteiger partial charge >= 0.3 is 0 Å². The first-order chi connectivity index (χ1) is 13.1. The lowest BCUT2D eigenvalue weighted by Gasteiger charge is -2.33. The second-order valence-electron chi connectivity index (χ2n) is 7.49. The molecule has 2 amide bonds. The summed E-state index contributed by atoms with van der Waals surface area (Å²) in [7, 11) is -1.94. The number of carbonyl (C=O) groups is 2. The highest BCUT2D eigenvalue weighted by molar-refractivity contribution is 7.89. The van der Waals surface area contributed by atoms with E-state index in [1.54, 1.807) is 25.5 Å².